The Morgan fingerprint density at radius 2 is 1.96 bits per heavy atom. The van der Waals surface area contributed by atoms with Crippen LogP contribution in [0.4, 0.5) is 4.79 Å². The molecule has 0 spiro atoms. The lowest BCUT2D eigenvalue weighted by molar-refractivity contribution is -0.130. The first-order valence-electron chi connectivity index (χ1n) is 9.11. The van der Waals surface area contributed by atoms with Crippen LogP contribution in [0.2, 0.25) is 5.02 Å². The molecule has 156 valence electrons. The van der Waals surface area contributed by atoms with Gasteiger partial charge in [0, 0.05) is 38.8 Å². The summed E-state index contributed by atoms with van der Waals surface area (Å²) in [5, 5.41) is 6.75. The van der Waals surface area contributed by atoms with Crippen molar-refractivity contribution in [3.05, 3.63) is 34.9 Å². The molecule has 1 unspecified atom stereocenters. The second-order valence-electron chi connectivity index (χ2n) is 6.88. The van der Waals surface area contributed by atoms with E-state index in [0.29, 0.717) is 37.5 Å². The van der Waals surface area contributed by atoms with E-state index in [0.717, 1.165) is 11.5 Å². The number of hydrogen-bond acceptors (Lipinski definition) is 3. The first kappa shape index (κ1) is 24.5. The van der Waals surface area contributed by atoms with Gasteiger partial charge in [0.25, 0.3) is 5.91 Å². The molecule has 0 radical (unpaired) electrons. The van der Waals surface area contributed by atoms with E-state index in [4.69, 9.17) is 11.6 Å². The Morgan fingerprint density at radius 3 is 2.50 bits per heavy atom. The number of aliphatic imine (C=N–C) groups is 1. The first-order chi connectivity index (χ1) is 12.8. The molecule has 2 rings (SSSR count). The second-order valence-corrected chi connectivity index (χ2v) is 7.32. The van der Waals surface area contributed by atoms with Crippen LogP contribution >= 0.6 is 35.6 Å². The lowest BCUT2D eigenvalue weighted by atomic mass is 9.99. The molecule has 1 saturated heterocycles. The zero-order valence-corrected chi connectivity index (χ0v) is 19.9. The smallest absolute Gasteiger partial charge is 0.325 e. The number of carbonyl (C=O) groups excluding carboxylic acids is 2. The Hall–Kier alpha value is -1.55. The van der Waals surface area contributed by atoms with E-state index in [1.807, 2.05) is 43.1 Å². The molecular formula is C19H29ClIN5O2. The average molecular weight is 522 g/mol. The van der Waals surface area contributed by atoms with Crippen LogP contribution in [0.3, 0.4) is 0 Å². The van der Waals surface area contributed by atoms with Crippen molar-refractivity contribution in [3.8, 4) is 0 Å². The Morgan fingerprint density at radius 1 is 1.32 bits per heavy atom. The number of carbonyl (C=O) groups is 2. The fourth-order valence-electron chi connectivity index (χ4n) is 2.95. The summed E-state index contributed by atoms with van der Waals surface area (Å²) in [6.45, 7) is 5.34. The first-order valence-corrected chi connectivity index (χ1v) is 9.49. The van der Waals surface area contributed by atoms with E-state index in [9.17, 15) is 9.59 Å². The molecule has 7 nitrogen and oxygen atoms in total. The summed E-state index contributed by atoms with van der Waals surface area (Å²) in [4.78, 5) is 32.0. The Kier molecular flexibility index (Phi) is 9.49. The maximum absolute atomic E-state index is 12.4. The zero-order valence-electron chi connectivity index (χ0n) is 16.8. The van der Waals surface area contributed by atoms with E-state index in [1.165, 1.54) is 4.90 Å². The molecular weight excluding hydrogens is 493 g/mol. The number of rotatable bonds is 7. The van der Waals surface area contributed by atoms with Gasteiger partial charge in [-0.3, -0.25) is 14.7 Å². The Labute approximate surface area is 188 Å². The highest BCUT2D eigenvalue weighted by Gasteiger charge is 2.45. The highest BCUT2D eigenvalue weighted by molar-refractivity contribution is 14.0. The van der Waals surface area contributed by atoms with Crippen LogP contribution in [0.25, 0.3) is 0 Å². The van der Waals surface area contributed by atoms with Gasteiger partial charge in [-0.25, -0.2) is 4.79 Å². The second kappa shape index (κ2) is 10.8. The van der Waals surface area contributed by atoms with Crippen LogP contribution < -0.4 is 10.6 Å². The normalized spacial score (nSPS) is 19.3. The number of nitrogens with zero attached hydrogens (tertiary/aromatic N) is 3. The summed E-state index contributed by atoms with van der Waals surface area (Å²) in [6.07, 6.45) is 1.22. The number of nitrogens with one attached hydrogen (secondary N) is 2. The number of imide groups is 1. The fraction of sp³-hybridized carbons (Fsp3) is 0.526. The van der Waals surface area contributed by atoms with E-state index in [-0.39, 0.29) is 35.9 Å². The molecule has 0 aromatic heterocycles. The van der Waals surface area contributed by atoms with Crippen molar-refractivity contribution in [1.82, 2.24) is 20.4 Å². The third kappa shape index (κ3) is 5.97. The molecule has 1 atom stereocenters. The molecule has 28 heavy (non-hydrogen) atoms. The molecule has 1 aliphatic rings. The van der Waals surface area contributed by atoms with E-state index in [2.05, 4.69) is 15.6 Å². The zero-order chi connectivity index (χ0) is 20.0. The van der Waals surface area contributed by atoms with Gasteiger partial charge >= 0.3 is 6.03 Å². The summed E-state index contributed by atoms with van der Waals surface area (Å²) in [5.74, 6) is 0.597. The van der Waals surface area contributed by atoms with Crippen molar-refractivity contribution in [1.29, 1.82) is 0 Å². The van der Waals surface area contributed by atoms with Gasteiger partial charge < -0.3 is 15.5 Å². The molecule has 1 aromatic rings. The maximum atomic E-state index is 12.4. The van der Waals surface area contributed by atoms with Crippen LogP contribution in [-0.2, 0) is 11.3 Å². The highest BCUT2D eigenvalue weighted by Crippen LogP contribution is 2.20. The van der Waals surface area contributed by atoms with Gasteiger partial charge in [-0.15, -0.1) is 24.0 Å². The predicted molar refractivity (Wildman–Crippen MR) is 123 cm³/mol. The van der Waals surface area contributed by atoms with Crippen molar-refractivity contribution in [2.24, 2.45) is 4.99 Å². The molecule has 0 bridgehead atoms. The minimum atomic E-state index is -0.778. The number of amides is 3. The molecule has 1 aliphatic heterocycles. The quantitative estimate of drug-likeness (QED) is 0.190. The lowest BCUT2D eigenvalue weighted by Crippen LogP contribution is -2.43. The molecule has 1 heterocycles. The average Bonchev–Trinajstić information content (AvgIpc) is 2.86. The molecule has 1 aromatic carbocycles. The van der Waals surface area contributed by atoms with Gasteiger partial charge in [0.2, 0.25) is 0 Å². The summed E-state index contributed by atoms with van der Waals surface area (Å²) < 4.78 is 0. The summed E-state index contributed by atoms with van der Waals surface area (Å²) in [5.41, 5.74) is 0.349. The van der Waals surface area contributed by atoms with Crippen LogP contribution in [-0.4, -0.2) is 60.4 Å². The van der Waals surface area contributed by atoms with Crippen molar-refractivity contribution in [2.75, 3.05) is 27.2 Å². The molecule has 1 fully saturated rings. The van der Waals surface area contributed by atoms with Crippen molar-refractivity contribution in [2.45, 2.75) is 38.8 Å². The molecule has 3 amide bonds. The van der Waals surface area contributed by atoms with Gasteiger partial charge in [0.05, 0.1) is 0 Å². The van der Waals surface area contributed by atoms with Gasteiger partial charge in [-0.05, 0) is 37.5 Å². The predicted octanol–water partition coefficient (Wildman–Crippen LogP) is 3.08. The van der Waals surface area contributed by atoms with E-state index in [1.54, 1.807) is 14.0 Å². The number of urea groups is 1. The summed E-state index contributed by atoms with van der Waals surface area (Å²) >= 11 is 5.92. The molecule has 0 aliphatic carbocycles. The number of benzene rings is 1. The van der Waals surface area contributed by atoms with Crippen molar-refractivity contribution >= 4 is 53.5 Å². The van der Waals surface area contributed by atoms with Crippen LogP contribution in [0.15, 0.2) is 29.3 Å². The van der Waals surface area contributed by atoms with E-state index < -0.39 is 5.54 Å². The maximum Gasteiger partial charge on any atom is 0.325 e. The van der Waals surface area contributed by atoms with Gasteiger partial charge in [-0.2, -0.15) is 0 Å². The molecule has 9 heteroatoms. The fourth-order valence-corrected chi connectivity index (χ4v) is 3.08. The monoisotopic (exact) mass is 521 g/mol. The third-order valence-corrected chi connectivity index (χ3v) is 5.05. The standard InChI is InChI=1S/C19H28ClN5O2.HI/c1-5-19(2)16(26)25(18(27)23-19)12-6-11-22-17(21-3)24(4)13-14-7-9-15(20)10-8-14;/h7-10H,5-6,11-13H2,1-4H3,(H,21,22)(H,23,27);1H. The Balaban J connectivity index is 0.00000392. The Bertz CT molecular complexity index is 713. The SMILES string of the molecule is CCC1(C)NC(=O)N(CCCNC(=NC)N(C)Cc2ccc(Cl)cc2)C1=O.I. The molecule has 0 saturated carbocycles. The minimum Gasteiger partial charge on any atom is -0.356 e. The van der Waals surface area contributed by atoms with Gasteiger partial charge in [-0.1, -0.05) is 30.7 Å². The number of halogens is 2. The summed E-state index contributed by atoms with van der Waals surface area (Å²) in [6, 6.07) is 7.38. The van der Waals surface area contributed by atoms with Crippen molar-refractivity contribution in [3.63, 3.8) is 0 Å². The third-order valence-electron chi connectivity index (χ3n) is 4.80. The van der Waals surface area contributed by atoms with E-state index >= 15 is 0 Å². The van der Waals surface area contributed by atoms with Gasteiger partial charge in [0.1, 0.15) is 5.54 Å². The van der Waals surface area contributed by atoms with Crippen LogP contribution in [0.5, 0.6) is 0 Å². The topological polar surface area (TPSA) is 77.0 Å². The largest absolute Gasteiger partial charge is 0.356 e. The number of guanidine groups is 1. The minimum absolute atomic E-state index is 0. The molecule has 2 N–H and O–H groups in total. The summed E-state index contributed by atoms with van der Waals surface area (Å²) in [7, 11) is 3.68. The van der Waals surface area contributed by atoms with Crippen LogP contribution in [0, 0.1) is 0 Å². The van der Waals surface area contributed by atoms with Gasteiger partial charge in [0.15, 0.2) is 5.96 Å². The number of hydrogen-bond donors (Lipinski definition) is 2. The lowest BCUT2D eigenvalue weighted by Gasteiger charge is -2.23. The van der Waals surface area contributed by atoms with Crippen LogP contribution in [0.1, 0.15) is 32.3 Å². The highest BCUT2D eigenvalue weighted by atomic mass is 127. The van der Waals surface area contributed by atoms with Crippen molar-refractivity contribution < 1.29 is 9.59 Å².